The van der Waals surface area contributed by atoms with Crippen molar-refractivity contribution in [3.8, 4) is 0 Å². The highest BCUT2D eigenvalue weighted by atomic mass is 16.5. The van der Waals surface area contributed by atoms with E-state index in [0.717, 1.165) is 50.1 Å². The average molecular weight is 253 g/mol. The third kappa shape index (κ3) is 5.19. The molecule has 0 aliphatic heterocycles. The minimum Gasteiger partial charge on any atom is -0.360 e. The Hall–Kier alpha value is -0.870. The van der Waals surface area contributed by atoms with E-state index in [1.165, 1.54) is 6.42 Å². The normalized spacial score (nSPS) is 13.2. The van der Waals surface area contributed by atoms with Crippen LogP contribution in [0.2, 0.25) is 0 Å². The van der Waals surface area contributed by atoms with Gasteiger partial charge in [-0.05, 0) is 19.0 Å². The molecule has 0 aliphatic carbocycles. The Kier molecular flexibility index (Phi) is 6.98. The van der Waals surface area contributed by atoms with Gasteiger partial charge in [-0.2, -0.15) is 0 Å². The maximum absolute atomic E-state index is 5.38. The molecule has 0 radical (unpaired) electrons. The van der Waals surface area contributed by atoms with E-state index in [1.807, 2.05) is 0 Å². The van der Waals surface area contributed by atoms with Crippen LogP contribution in [0.5, 0.6) is 0 Å². The second-order valence-electron chi connectivity index (χ2n) is 4.91. The maximum Gasteiger partial charge on any atom is 0.151 e. The fourth-order valence-corrected chi connectivity index (χ4v) is 1.86. The lowest BCUT2D eigenvalue weighted by molar-refractivity contribution is 0.211. The summed E-state index contributed by atoms with van der Waals surface area (Å²) in [5.74, 6) is 1.70. The number of hydrogen-bond acceptors (Lipinski definition) is 4. The zero-order valence-corrected chi connectivity index (χ0v) is 12.2. The van der Waals surface area contributed by atoms with Gasteiger partial charge in [0, 0.05) is 19.2 Å². The van der Waals surface area contributed by atoms with Crippen LogP contribution in [-0.2, 0) is 13.1 Å². The number of hydrogen-bond donors (Lipinski definition) is 1. The van der Waals surface area contributed by atoms with E-state index >= 15 is 0 Å². The summed E-state index contributed by atoms with van der Waals surface area (Å²) >= 11 is 0. The van der Waals surface area contributed by atoms with Crippen molar-refractivity contribution in [2.45, 2.75) is 47.2 Å². The Labute approximate surface area is 111 Å². The van der Waals surface area contributed by atoms with E-state index < -0.39 is 0 Å². The first-order valence-electron chi connectivity index (χ1n) is 7.07. The molecule has 1 heterocycles. The van der Waals surface area contributed by atoms with Crippen molar-refractivity contribution in [2.24, 2.45) is 5.92 Å². The number of nitrogens with one attached hydrogen (secondary N) is 1. The molecule has 4 nitrogen and oxygen atoms in total. The fraction of sp³-hybridized carbons (Fsp3) is 0.786. The topological polar surface area (TPSA) is 41.3 Å². The van der Waals surface area contributed by atoms with Crippen LogP contribution in [0.1, 0.15) is 45.6 Å². The summed E-state index contributed by atoms with van der Waals surface area (Å²) in [5, 5.41) is 7.33. The molecule has 1 rings (SSSR count). The first kappa shape index (κ1) is 15.2. The lowest BCUT2D eigenvalue weighted by Gasteiger charge is -2.22. The molecule has 0 saturated carbocycles. The van der Waals surface area contributed by atoms with Crippen LogP contribution in [0.3, 0.4) is 0 Å². The molecule has 0 aromatic carbocycles. The van der Waals surface area contributed by atoms with Crippen LogP contribution in [0, 0.1) is 5.92 Å². The molecule has 0 saturated heterocycles. The predicted molar refractivity (Wildman–Crippen MR) is 74.3 cm³/mol. The molecule has 18 heavy (non-hydrogen) atoms. The minimum atomic E-state index is 0.731. The molecule has 0 amide bonds. The summed E-state index contributed by atoms with van der Waals surface area (Å²) < 4.78 is 5.38. The van der Waals surface area contributed by atoms with Crippen molar-refractivity contribution in [2.75, 3.05) is 19.6 Å². The van der Waals surface area contributed by atoms with Crippen molar-refractivity contribution in [1.82, 2.24) is 15.4 Å². The molecule has 1 N–H and O–H groups in total. The fourth-order valence-electron chi connectivity index (χ4n) is 1.86. The van der Waals surface area contributed by atoms with E-state index in [9.17, 15) is 0 Å². The Bertz CT molecular complexity index is 325. The van der Waals surface area contributed by atoms with E-state index in [0.29, 0.717) is 0 Å². The number of nitrogens with zero attached hydrogens (tertiary/aromatic N) is 2. The van der Waals surface area contributed by atoms with Crippen LogP contribution >= 0.6 is 0 Å². The summed E-state index contributed by atoms with van der Waals surface area (Å²) in [7, 11) is 0. The summed E-state index contributed by atoms with van der Waals surface area (Å²) in [6.07, 6.45) is 1.22. The average Bonchev–Trinajstić information content (AvgIpc) is 2.82. The van der Waals surface area contributed by atoms with Crippen LogP contribution in [-0.4, -0.2) is 29.7 Å². The van der Waals surface area contributed by atoms with E-state index in [4.69, 9.17) is 4.52 Å². The summed E-state index contributed by atoms with van der Waals surface area (Å²) in [6.45, 7) is 13.6. The van der Waals surface area contributed by atoms with Gasteiger partial charge in [-0.15, -0.1) is 0 Å². The molecule has 1 atom stereocenters. The van der Waals surface area contributed by atoms with Crippen LogP contribution in [0.15, 0.2) is 10.6 Å². The van der Waals surface area contributed by atoms with Gasteiger partial charge in [-0.1, -0.05) is 39.3 Å². The van der Waals surface area contributed by atoms with E-state index in [1.54, 1.807) is 0 Å². The molecule has 0 aliphatic rings. The molecule has 1 aromatic rings. The second kappa shape index (κ2) is 8.27. The highest BCUT2D eigenvalue weighted by molar-refractivity contribution is 5.05. The molecule has 0 fully saturated rings. The monoisotopic (exact) mass is 253 g/mol. The van der Waals surface area contributed by atoms with E-state index in [-0.39, 0.29) is 0 Å². The Morgan fingerprint density at radius 1 is 1.39 bits per heavy atom. The highest BCUT2D eigenvalue weighted by Crippen LogP contribution is 2.10. The molecular formula is C14H27N3O. The van der Waals surface area contributed by atoms with Crippen molar-refractivity contribution >= 4 is 0 Å². The van der Waals surface area contributed by atoms with Gasteiger partial charge in [-0.25, -0.2) is 0 Å². The zero-order valence-electron chi connectivity index (χ0n) is 12.2. The van der Waals surface area contributed by atoms with Gasteiger partial charge < -0.3 is 9.84 Å². The first-order valence-corrected chi connectivity index (χ1v) is 7.07. The maximum atomic E-state index is 5.38. The Morgan fingerprint density at radius 3 is 2.78 bits per heavy atom. The van der Waals surface area contributed by atoms with Gasteiger partial charge >= 0.3 is 0 Å². The lowest BCUT2D eigenvalue weighted by atomic mass is 10.1. The van der Waals surface area contributed by atoms with Gasteiger partial charge in [0.05, 0.1) is 12.2 Å². The molecule has 4 heteroatoms. The summed E-state index contributed by atoms with van der Waals surface area (Å²) in [4.78, 5) is 2.41. The highest BCUT2D eigenvalue weighted by Gasteiger charge is 2.11. The largest absolute Gasteiger partial charge is 0.360 e. The third-order valence-corrected chi connectivity index (χ3v) is 3.26. The lowest BCUT2D eigenvalue weighted by Crippen LogP contribution is -2.27. The van der Waals surface area contributed by atoms with Gasteiger partial charge in [-0.3, -0.25) is 4.90 Å². The standard InChI is InChI=1S/C14H27N3O/c1-5-12(4)10-17(7-3)11-14-8-13(16-18-14)9-15-6-2/h8,12,15H,5-7,9-11H2,1-4H3. The van der Waals surface area contributed by atoms with Gasteiger partial charge in [0.1, 0.15) is 0 Å². The smallest absolute Gasteiger partial charge is 0.151 e. The Morgan fingerprint density at radius 2 is 2.17 bits per heavy atom. The molecule has 1 unspecified atom stereocenters. The molecule has 104 valence electrons. The zero-order chi connectivity index (χ0) is 13.4. The van der Waals surface area contributed by atoms with Crippen LogP contribution < -0.4 is 5.32 Å². The predicted octanol–water partition coefficient (Wildman–Crippen LogP) is 2.65. The molecule has 0 bridgehead atoms. The van der Waals surface area contributed by atoms with Gasteiger partial charge in [0.15, 0.2) is 5.76 Å². The van der Waals surface area contributed by atoms with Crippen molar-refractivity contribution in [1.29, 1.82) is 0 Å². The first-order chi connectivity index (χ1) is 8.69. The third-order valence-electron chi connectivity index (χ3n) is 3.26. The van der Waals surface area contributed by atoms with Gasteiger partial charge in [0.25, 0.3) is 0 Å². The molecule has 0 spiro atoms. The van der Waals surface area contributed by atoms with Crippen LogP contribution in [0.25, 0.3) is 0 Å². The number of rotatable bonds is 9. The SMILES string of the molecule is CCNCc1cc(CN(CC)CC(C)CC)on1. The van der Waals surface area contributed by atoms with Crippen molar-refractivity contribution < 1.29 is 4.52 Å². The quantitative estimate of drug-likeness (QED) is 0.734. The van der Waals surface area contributed by atoms with Crippen molar-refractivity contribution in [3.63, 3.8) is 0 Å². The summed E-state index contributed by atoms with van der Waals surface area (Å²) in [6, 6.07) is 2.06. The molecule has 1 aromatic heterocycles. The van der Waals surface area contributed by atoms with Crippen LogP contribution in [0.4, 0.5) is 0 Å². The number of aromatic nitrogens is 1. The molecular weight excluding hydrogens is 226 g/mol. The van der Waals surface area contributed by atoms with Gasteiger partial charge in [0.2, 0.25) is 0 Å². The summed E-state index contributed by atoms with van der Waals surface area (Å²) in [5.41, 5.74) is 0.992. The minimum absolute atomic E-state index is 0.731. The second-order valence-corrected chi connectivity index (χ2v) is 4.91. The van der Waals surface area contributed by atoms with E-state index in [2.05, 4.69) is 49.1 Å². The van der Waals surface area contributed by atoms with Crippen molar-refractivity contribution in [3.05, 3.63) is 17.5 Å². The Balaban J connectivity index is 2.46.